The van der Waals surface area contributed by atoms with Crippen molar-refractivity contribution in [2.75, 3.05) is 5.88 Å². The molecule has 2 aromatic heterocycles. The summed E-state index contributed by atoms with van der Waals surface area (Å²) < 4.78 is 2.93. The van der Waals surface area contributed by atoms with Gasteiger partial charge in [-0.25, -0.2) is 0 Å². The summed E-state index contributed by atoms with van der Waals surface area (Å²) in [6.45, 7) is 6.43. The fourth-order valence-electron chi connectivity index (χ4n) is 2.37. The Bertz CT molecular complexity index is 868. The highest BCUT2D eigenvalue weighted by Gasteiger charge is 2.15. The van der Waals surface area contributed by atoms with Gasteiger partial charge in [0, 0.05) is 38.6 Å². The first kappa shape index (κ1) is 24.1. The molecule has 2 N–H and O–H groups in total. The average Bonchev–Trinajstić information content (AvgIpc) is 2.63. The van der Waals surface area contributed by atoms with Crippen LogP contribution in [0.5, 0.6) is 0 Å². The van der Waals surface area contributed by atoms with Crippen molar-refractivity contribution in [3.05, 3.63) is 68.5 Å². The van der Waals surface area contributed by atoms with E-state index in [0.29, 0.717) is 17.5 Å². The summed E-state index contributed by atoms with van der Waals surface area (Å²) >= 11 is 5.42. The van der Waals surface area contributed by atoms with Crippen LogP contribution >= 0.6 is 11.6 Å². The van der Waals surface area contributed by atoms with Crippen molar-refractivity contribution < 1.29 is 10.2 Å². The van der Waals surface area contributed by atoms with Gasteiger partial charge in [-0.3, -0.25) is 9.59 Å². The first-order chi connectivity index (χ1) is 12.9. The molecule has 2 atom stereocenters. The molecule has 7 heteroatoms. The number of hydrogen-bond acceptors (Lipinski definition) is 4. The third-order valence-electron chi connectivity index (χ3n) is 4.34. The summed E-state index contributed by atoms with van der Waals surface area (Å²) in [6.07, 6.45) is 3.64. The predicted molar refractivity (Wildman–Crippen MR) is 113 cm³/mol. The van der Waals surface area contributed by atoms with Crippen molar-refractivity contribution in [1.82, 2.24) is 9.13 Å². The third-order valence-corrected chi connectivity index (χ3v) is 4.63. The van der Waals surface area contributed by atoms with Crippen LogP contribution in [-0.2, 0) is 14.1 Å². The first-order valence-corrected chi connectivity index (χ1v) is 9.73. The van der Waals surface area contributed by atoms with Gasteiger partial charge >= 0.3 is 0 Å². The number of halogens is 1. The monoisotopic (exact) mass is 410 g/mol. The zero-order valence-electron chi connectivity index (χ0n) is 17.2. The second-order valence-corrected chi connectivity index (χ2v) is 8.41. The number of rotatable bonds is 5. The highest BCUT2D eigenvalue weighted by molar-refractivity contribution is 6.18. The Hall–Kier alpha value is -1.89. The van der Waals surface area contributed by atoms with E-state index in [1.54, 1.807) is 38.6 Å². The fraction of sp³-hybridized carbons (Fsp3) is 0.524. The highest BCUT2D eigenvalue weighted by Crippen LogP contribution is 2.26. The molecule has 0 aliphatic heterocycles. The predicted octanol–water partition coefficient (Wildman–Crippen LogP) is 2.90. The lowest BCUT2D eigenvalue weighted by atomic mass is 9.88. The first-order valence-electron chi connectivity index (χ1n) is 9.20. The van der Waals surface area contributed by atoms with Gasteiger partial charge in [-0.2, -0.15) is 0 Å². The van der Waals surface area contributed by atoms with E-state index in [0.717, 1.165) is 6.42 Å². The number of aliphatic hydroxyl groups excluding tert-OH is 2. The lowest BCUT2D eigenvalue weighted by Gasteiger charge is -2.20. The molecule has 0 saturated carbocycles. The molecular formula is C21H31ClN2O4. The van der Waals surface area contributed by atoms with E-state index in [-0.39, 0.29) is 22.4 Å². The number of aromatic nitrogens is 2. The van der Waals surface area contributed by atoms with Crippen LogP contribution in [0.25, 0.3) is 0 Å². The van der Waals surface area contributed by atoms with Gasteiger partial charge in [-0.05, 0) is 41.5 Å². The maximum absolute atomic E-state index is 11.4. The minimum Gasteiger partial charge on any atom is -0.388 e. The molecule has 2 rings (SSSR count). The Morgan fingerprint density at radius 2 is 1.36 bits per heavy atom. The van der Waals surface area contributed by atoms with Crippen molar-refractivity contribution in [3.63, 3.8) is 0 Å². The number of hydrogen-bond donors (Lipinski definition) is 2. The van der Waals surface area contributed by atoms with Crippen molar-refractivity contribution in [2.24, 2.45) is 19.5 Å². The fourth-order valence-corrected chi connectivity index (χ4v) is 2.55. The number of aryl methyl sites for hydroxylation is 2. The van der Waals surface area contributed by atoms with Crippen molar-refractivity contribution >= 4 is 11.6 Å². The van der Waals surface area contributed by atoms with Crippen molar-refractivity contribution in [2.45, 2.75) is 45.8 Å². The summed E-state index contributed by atoms with van der Waals surface area (Å²) in [5.41, 5.74) is 1.27. The lowest BCUT2D eigenvalue weighted by molar-refractivity contribution is 0.147. The van der Waals surface area contributed by atoms with E-state index >= 15 is 0 Å². The summed E-state index contributed by atoms with van der Waals surface area (Å²) in [5.74, 6) is 0.104. The molecule has 0 spiro atoms. The summed E-state index contributed by atoms with van der Waals surface area (Å²) in [6, 6.07) is 6.36. The zero-order chi connectivity index (χ0) is 21.5. The molecule has 156 valence electrons. The van der Waals surface area contributed by atoms with Crippen LogP contribution in [0.1, 0.15) is 56.9 Å². The van der Waals surface area contributed by atoms with Crippen molar-refractivity contribution in [1.29, 1.82) is 0 Å². The molecule has 0 amide bonds. The minimum atomic E-state index is -0.749. The van der Waals surface area contributed by atoms with Gasteiger partial charge in [-0.1, -0.05) is 20.8 Å². The Balaban J connectivity index is 0.000000292. The Labute approximate surface area is 171 Å². The Morgan fingerprint density at radius 3 is 1.71 bits per heavy atom. The van der Waals surface area contributed by atoms with Crippen LogP contribution in [0.2, 0.25) is 0 Å². The normalized spacial score (nSPS) is 13.4. The molecule has 0 aliphatic rings. The molecule has 0 bridgehead atoms. The van der Waals surface area contributed by atoms with E-state index in [4.69, 9.17) is 11.6 Å². The minimum absolute atomic E-state index is 0.0766. The molecule has 0 saturated heterocycles. The van der Waals surface area contributed by atoms with E-state index in [1.165, 1.54) is 21.3 Å². The maximum atomic E-state index is 11.4. The van der Waals surface area contributed by atoms with E-state index in [2.05, 4.69) is 20.8 Å². The molecule has 0 aliphatic carbocycles. The van der Waals surface area contributed by atoms with Crippen molar-refractivity contribution in [3.8, 4) is 0 Å². The molecule has 0 radical (unpaired) electrons. The van der Waals surface area contributed by atoms with Crippen LogP contribution in [0.4, 0.5) is 0 Å². The van der Waals surface area contributed by atoms with Gasteiger partial charge < -0.3 is 19.3 Å². The van der Waals surface area contributed by atoms with E-state index in [9.17, 15) is 19.8 Å². The molecule has 2 heterocycles. The second kappa shape index (κ2) is 10.6. The largest absolute Gasteiger partial charge is 0.388 e. The molecule has 0 unspecified atom stereocenters. The van der Waals surface area contributed by atoms with Crippen LogP contribution in [0.15, 0.2) is 46.2 Å². The zero-order valence-corrected chi connectivity index (χ0v) is 18.0. The molecule has 0 aromatic carbocycles. The van der Waals surface area contributed by atoms with E-state index < -0.39 is 12.2 Å². The van der Waals surface area contributed by atoms with Gasteiger partial charge in [0.25, 0.3) is 11.1 Å². The molecule has 0 fully saturated rings. The van der Waals surface area contributed by atoms with Gasteiger partial charge in [0.2, 0.25) is 0 Å². The van der Waals surface area contributed by atoms with Crippen LogP contribution in [-0.4, -0.2) is 25.2 Å². The molecule has 6 nitrogen and oxygen atoms in total. The maximum Gasteiger partial charge on any atom is 0.250 e. The van der Waals surface area contributed by atoms with Crippen LogP contribution in [0, 0.1) is 5.41 Å². The van der Waals surface area contributed by atoms with Gasteiger partial charge in [0.15, 0.2) is 0 Å². The highest BCUT2D eigenvalue weighted by atomic mass is 35.5. The Kier molecular flexibility index (Phi) is 9.14. The number of alkyl halides is 1. The van der Waals surface area contributed by atoms with Crippen LogP contribution < -0.4 is 11.1 Å². The number of aliphatic hydroxyl groups is 2. The van der Waals surface area contributed by atoms with Crippen LogP contribution in [0.3, 0.4) is 0 Å². The van der Waals surface area contributed by atoms with Gasteiger partial charge in [0.05, 0.1) is 18.1 Å². The van der Waals surface area contributed by atoms with E-state index in [1.807, 2.05) is 0 Å². The lowest BCUT2D eigenvalue weighted by Crippen LogP contribution is -2.17. The quantitative estimate of drug-likeness (QED) is 0.742. The Morgan fingerprint density at radius 1 is 0.929 bits per heavy atom. The summed E-state index contributed by atoms with van der Waals surface area (Å²) in [7, 11) is 3.35. The number of nitrogens with zero attached hydrogens (tertiary/aromatic N) is 2. The summed E-state index contributed by atoms with van der Waals surface area (Å²) in [4.78, 5) is 22.5. The standard InChI is InChI=1S/C13H21NO2.C8H10ClNO2/c1-13(2,3)7-5-11(15)10-6-8-14(4)12(16)9-10;1-10-3-2-6(4-8(10)12)7(11)5-9/h6,8-9,11,15H,5,7H2,1-4H3;2-4,7,11H,5H2,1H3/t11-;7-/m00/s1. The molecule has 2 aromatic rings. The third kappa shape index (κ3) is 8.00. The molecular weight excluding hydrogens is 380 g/mol. The topological polar surface area (TPSA) is 84.5 Å². The molecule has 28 heavy (non-hydrogen) atoms. The SMILES string of the molecule is Cn1ccc([C@@H](O)CCC(C)(C)C)cc1=O.Cn1ccc([C@@H](O)CCl)cc1=O. The van der Waals surface area contributed by atoms with Gasteiger partial charge in [0.1, 0.15) is 0 Å². The summed E-state index contributed by atoms with van der Waals surface area (Å²) in [5, 5.41) is 19.2. The number of pyridine rings is 2. The van der Waals surface area contributed by atoms with Gasteiger partial charge in [-0.15, -0.1) is 11.6 Å². The second-order valence-electron chi connectivity index (χ2n) is 8.10. The smallest absolute Gasteiger partial charge is 0.250 e. The average molecular weight is 411 g/mol.